The molecule has 132 valence electrons. The molecule has 0 aliphatic carbocycles. The predicted molar refractivity (Wildman–Crippen MR) is 96.0 cm³/mol. The second-order valence-corrected chi connectivity index (χ2v) is 6.69. The van der Waals surface area contributed by atoms with Gasteiger partial charge in [0.05, 0.1) is 13.4 Å². The molecule has 0 saturated heterocycles. The normalized spacial score (nSPS) is 13.4. The third kappa shape index (κ3) is 5.88. The van der Waals surface area contributed by atoms with Crippen molar-refractivity contribution in [2.75, 3.05) is 0 Å². The molecule has 0 aliphatic heterocycles. The number of nitrogens with one attached hydrogen (secondary N) is 2. The van der Waals surface area contributed by atoms with Gasteiger partial charge in [-0.1, -0.05) is 20.8 Å². The van der Waals surface area contributed by atoms with Crippen molar-refractivity contribution in [1.82, 2.24) is 0 Å². The third-order valence-electron chi connectivity index (χ3n) is 3.47. The summed E-state index contributed by atoms with van der Waals surface area (Å²) in [6.45, 7) is 5.46. The van der Waals surface area contributed by atoms with Crippen LogP contribution in [0.15, 0.2) is 23.2 Å². The smallest absolute Gasteiger partial charge is 0.165 e. The standard InChI is InChI=1S/C17H21BF2N4O/c1-17(2,3)16(23)24-13(22)7-6-12(21)14(18)15(25)10-5-4-9(19)8-11(10)20/h4-5,8,14,21H,6-7H2,1-3H3,(H3,22,23,24). The number of nitrogens with two attached hydrogens (primary N) is 1. The van der Waals surface area contributed by atoms with Gasteiger partial charge in [0.15, 0.2) is 5.78 Å². The van der Waals surface area contributed by atoms with Gasteiger partial charge in [0, 0.05) is 29.4 Å². The van der Waals surface area contributed by atoms with Crippen LogP contribution in [0.4, 0.5) is 8.78 Å². The van der Waals surface area contributed by atoms with Gasteiger partial charge in [-0.25, -0.2) is 13.8 Å². The van der Waals surface area contributed by atoms with Crippen molar-refractivity contribution in [2.45, 2.75) is 39.4 Å². The number of carbonyl (C=O) groups is 1. The van der Waals surface area contributed by atoms with Crippen molar-refractivity contribution < 1.29 is 13.6 Å². The minimum atomic E-state index is -1.35. The summed E-state index contributed by atoms with van der Waals surface area (Å²) in [5.74, 6) is -3.73. The zero-order valence-electron chi connectivity index (χ0n) is 14.5. The highest BCUT2D eigenvalue weighted by molar-refractivity contribution is 6.40. The van der Waals surface area contributed by atoms with Gasteiger partial charge in [0.25, 0.3) is 0 Å². The molecule has 1 atom stereocenters. The van der Waals surface area contributed by atoms with E-state index in [1.54, 1.807) is 0 Å². The van der Waals surface area contributed by atoms with Gasteiger partial charge in [-0.3, -0.25) is 10.2 Å². The number of ketones is 1. The monoisotopic (exact) mass is 346 g/mol. The molecule has 0 heterocycles. The molecular weight excluding hydrogens is 325 g/mol. The molecule has 2 radical (unpaired) electrons. The number of rotatable bonds is 6. The average Bonchev–Trinajstić information content (AvgIpc) is 2.50. The second kappa shape index (κ2) is 8.14. The average molecular weight is 346 g/mol. The lowest BCUT2D eigenvalue weighted by Crippen LogP contribution is -2.24. The highest BCUT2D eigenvalue weighted by Crippen LogP contribution is 2.19. The Morgan fingerprint density at radius 1 is 1.28 bits per heavy atom. The van der Waals surface area contributed by atoms with E-state index in [2.05, 4.69) is 4.99 Å². The SMILES string of the molecule is [B]C(C(=N)CCC(N)=NC(=N)C(C)(C)C)C(=O)c1ccc(F)cc1F. The minimum Gasteiger partial charge on any atom is -0.387 e. The molecule has 0 saturated carbocycles. The Morgan fingerprint density at radius 2 is 1.88 bits per heavy atom. The van der Waals surface area contributed by atoms with Gasteiger partial charge < -0.3 is 11.1 Å². The zero-order valence-corrected chi connectivity index (χ0v) is 14.5. The van der Waals surface area contributed by atoms with Crippen molar-refractivity contribution in [1.29, 1.82) is 10.8 Å². The first-order valence-corrected chi connectivity index (χ1v) is 7.67. The molecule has 0 aromatic heterocycles. The van der Waals surface area contributed by atoms with Crippen LogP contribution in [0.1, 0.15) is 44.0 Å². The Kier molecular flexibility index (Phi) is 6.73. The summed E-state index contributed by atoms with van der Waals surface area (Å²) in [7, 11) is 5.70. The van der Waals surface area contributed by atoms with Gasteiger partial charge in [-0.05, 0) is 18.6 Å². The lowest BCUT2D eigenvalue weighted by Gasteiger charge is -2.17. The Morgan fingerprint density at radius 3 is 2.40 bits per heavy atom. The van der Waals surface area contributed by atoms with Crippen LogP contribution in [-0.2, 0) is 0 Å². The van der Waals surface area contributed by atoms with E-state index >= 15 is 0 Å². The lowest BCUT2D eigenvalue weighted by atomic mass is 9.76. The summed E-state index contributed by atoms with van der Waals surface area (Å²) in [6.07, 6.45) is 0.187. The van der Waals surface area contributed by atoms with Gasteiger partial charge in [-0.15, -0.1) is 0 Å². The van der Waals surface area contributed by atoms with E-state index in [0.29, 0.717) is 6.07 Å². The number of aliphatic imine (C=N–C) groups is 1. The molecule has 1 rings (SSSR count). The largest absolute Gasteiger partial charge is 0.387 e. The van der Waals surface area contributed by atoms with Crippen LogP contribution in [0.2, 0.25) is 5.82 Å². The molecule has 1 aromatic carbocycles. The van der Waals surface area contributed by atoms with E-state index in [9.17, 15) is 13.6 Å². The number of hydrogen-bond donors (Lipinski definition) is 3. The van der Waals surface area contributed by atoms with Crippen molar-refractivity contribution in [2.24, 2.45) is 16.1 Å². The number of benzene rings is 1. The van der Waals surface area contributed by atoms with Crippen LogP contribution in [0.5, 0.6) is 0 Å². The number of carbonyl (C=O) groups excluding carboxylic acids is 1. The van der Waals surface area contributed by atoms with E-state index < -0.39 is 28.6 Å². The van der Waals surface area contributed by atoms with Gasteiger partial charge in [-0.2, -0.15) is 0 Å². The fraction of sp³-hybridized carbons (Fsp3) is 0.412. The Hall–Kier alpha value is -2.38. The zero-order chi connectivity index (χ0) is 19.4. The molecule has 0 fully saturated rings. The van der Waals surface area contributed by atoms with Crippen LogP contribution in [0.25, 0.3) is 0 Å². The van der Waals surface area contributed by atoms with Crippen molar-refractivity contribution in [3.63, 3.8) is 0 Å². The van der Waals surface area contributed by atoms with Gasteiger partial charge in [0.1, 0.15) is 23.3 Å². The number of Topliss-reactive ketones (excluding diaryl/α,β-unsaturated/α-hetero) is 1. The number of nitrogens with zero attached hydrogens (tertiary/aromatic N) is 1. The maximum absolute atomic E-state index is 13.6. The van der Waals surface area contributed by atoms with E-state index in [4.69, 9.17) is 24.4 Å². The molecule has 8 heteroatoms. The molecule has 4 N–H and O–H groups in total. The molecule has 5 nitrogen and oxygen atoms in total. The highest BCUT2D eigenvalue weighted by atomic mass is 19.1. The summed E-state index contributed by atoms with van der Waals surface area (Å²) >= 11 is 0. The molecule has 0 spiro atoms. The summed E-state index contributed by atoms with van der Waals surface area (Å²) < 4.78 is 26.5. The maximum atomic E-state index is 13.6. The molecule has 25 heavy (non-hydrogen) atoms. The van der Waals surface area contributed by atoms with Gasteiger partial charge >= 0.3 is 0 Å². The highest BCUT2D eigenvalue weighted by Gasteiger charge is 2.22. The van der Waals surface area contributed by atoms with Crippen molar-refractivity contribution in [3.05, 3.63) is 35.4 Å². The number of amidine groups is 2. The first-order valence-electron chi connectivity index (χ1n) is 7.67. The fourth-order valence-electron chi connectivity index (χ4n) is 1.80. The maximum Gasteiger partial charge on any atom is 0.165 e. The van der Waals surface area contributed by atoms with Crippen LogP contribution >= 0.6 is 0 Å². The van der Waals surface area contributed by atoms with Crippen LogP contribution in [0, 0.1) is 27.9 Å². The van der Waals surface area contributed by atoms with E-state index in [-0.39, 0.29) is 35.8 Å². The Labute approximate surface area is 147 Å². The summed E-state index contributed by atoms with van der Waals surface area (Å²) in [4.78, 5) is 16.1. The minimum absolute atomic E-state index is 0.0441. The molecule has 0 bridgehead atoms. The van der Waals surface area contributed by atoms with Crippen molar-refractivity contribution >= 4 is 31.0 Å². The molecule has 0 amide bonds. The predicted octanol–water partition coefficient (Wildman–Crippen LogP) is 3.29. The second-order valence-electron chi connectivity index (χ2n) is 6.69. The summed E-state index contributed by atoms with van der Waals surface area (Å²) in [5, 5.41) is 15.7. The van der Waals surface area contributed by atoms with Crippen LogP contribution in [0.3, 0.4) is 0 Å². The Balaban J connectivity index is 2.72. The van der Waals surface area contributed by atoms with Gasteiger partial charge in [0.2, 0.25) is 0 Å². The first kappa shape index (κ1) is 20.7. The topological polar surface area (TPSA) is 103 Å². The number of hydrogen-bond acceptors (Lipinski definition) is 3. The molecule has 1 aromatic rings. The Bertz CT molecular complexity index is 726. The van der Waals surface area contributed by atoms with E-state index in [1.807, 2.05) is 20.8 Å². The summed E-state index contributed by atoms with van der Waals surface area (Å²) in [5.41, 5.74) is 4.77. The molecule has 1 unspecified atom stereocenters. The van der Waals surface area contributed by atoms with E-state index in [0.717, 1.165) is 12.1 Å². The molecule has 0 aliphatic rings. The van der Waals surface area contributed by atoms with E-state index in [1.165, 1.54) is 0 Å². The quantitative estimate of drug-likeness (QED) is 0.318. The third-order valence-corrected chi connectivity index (χ3v) is 3.47. The first-order chi connectivity index (χ1) is 11.4. The molecular formula is C17H21BF2N4O. The number of halogens is 2. The van der Waals surface area contributed by atoms with Crippen LogP contribution in [-0.4, -0.2) is 31.0 Å². The van der Waals surface area contributed by atoms with Crippen LogP contribution < -0.4 is 5.73 Å². The van der Waals surface area contributed by atoms with Crippen molar-refractivity contribution in [3.8, 4) is 0 Å². The lowest BCUT2D eigenvalue weighted by molar-refractivity contribution is 0.0996. The fourth-order valence-corrected chi connectivity index (χ4v) is 1.80. The summed E-state index contributed by atoms with van der Waals surface area (Å²) in [6, 6.07) is 2.54.